The Hall–Kier alpha value is -2.04. The Morgan fingerprint density at radius 2 is 2.08 bits per heavy atom. The number of hydrogen-bond acceptors (Lipinski definition) is 4. The van der Waals surface area contributed by atoms with E-state index in [2.05, 4.69) is 12.1 Å². The van der Waals surface area contributed by atoms with Crippen LogP contribution in [0.4, 0.5) is 0 Å². The number of furan rings is 1. The SMILES string of the molecule is Cc1ccc(CCC(=O)N2CCC(c3onc4c3C[C@@H](C)CC4)CC2)o1. The van der Waals surface area contributed by atoms with Crippen LogP contribution in [0, 0.1) is 12.8 Å². The standard InChI is InChI=1S/C21H28N2O3/c1-14-3-7-19-18(13-14)21(26-22-19)16-9-11-23(12-10-16)20(24)8-6-17-5-4-15(2)25-17/h4-5,14,16H,3,6-13H2,1-2H3/t14-/m0/s1. The highest BCUT2D eigenvalue weighted by Gasteiger charge is 2.31. The molecule has 1 saturated heterocycles. The summed E-state index contributed by atoms with van der Waals surface area (Å²) >= 11 is 0. The lowest BCUT2D eigenvalue weighted by atomic mass is 9.83. The van der Waals surface area contributed by atoms with E-state index in [1.165, 1.54) is 17.7 Å². The van der Waals surface area contributed by atoms with E-state index in [9.17, 15) is 4.79 Å². The minimum atomic E-state index is 0.228. The molecule has 5 nitrogen and oxygen atoms in total. The monoisotopic (exact) mass is 356 g/mol. The lowest BCUT2D eigenvalue weighted by molar-refractivity contribution is -0.132. The number of fused-ring (bicyclic) bond motifs is 1. The zero-order chi connectivity index (χ0) is 18.1. The smallest absolute Gasteiger partial charge is 0.223 e. The van der Waals surface area contributed by atoms with E-state index < -0.39 is 0 Å². The van der Waals surface area contributed by atoms with Gasteiger partial charge in [0.1, 0.15) is 17.3 Å². The number of rotatable bonds is 4. The third-order valence-corrected chi connectivity index (χ3v) is 5.93. The van der Waals surface area contributed by atoms with Gasteiger partial charge in [-0.1, -0.05) is 12.1 Å². The summed E-state index contributed by atoms with van der Waals surface area (Å²) in [5, 5.41) is 4.32. The molecule has 1 aliphatic carbocycles. The molecule has 0 bridgehead atoms. The zero-order valence-corrected chi connectivity index (χ0v) is 15.8. The molecule has 4 rings (SSSR count). The van der Waals surface area contributed by atoms with E-state index >= 15 is 0 Å². The van der Waals surface area contributed by atoms with Crippen molar-refractivity contribution in [2.75, 3.05) is 13.1 Å². The van der Waals surface area contributed by atoms with E-state index in [1.54, 1.807) is 0 Å². The van der Waals surface area contributed by atoms with E-state index in [4.69, 9.17) is 8.94 Å². The van der Waals surface area contributed by atoms with Crippen molar-refractivity contribution in [1.82, 2.24) is 10.1 Å². The average molecular weight is 356 g/mol. The summed E-state index contributed by atoms with van der Waals surface area (Å²) in [5.41, 5.74) is 2.53. The van der Waals surface area contributed by atoms with Crippen molar-refractivity contribution in [3.63, 3.8) is 0 Å². The van der Waals surface area contributed by atoms with Gasteiger partial charge in [0.25, 0.3) is 0 Å². The van der Waals surface area contributed by atoms with Gasteiger partial charge in [0.15, 0.2) is 0 Å². The first-order chi connectivity index (χ1) is 12.6. The fourth-order valence-corrected chi connectivity index (χ4v) is 4.33. The zero-order valence-electron chi connectivity index (χ0n) is 15.8. The Balaban J connectivity index is 1.31. The van der Waals surface area contributed by atoms with Crippen molar-refractivity contribution in [3.05, 3.63) is 40.7 Å². The molecular weight excluding hydrogens is 328 g/mol. The average Bonchev–Trinajstić information content (AvgIpc) is 3.25. The van der Waals surface area contributed by atoms with Crippen LogP contribution in [0.15, 0.2) is 21.1 Å². The van der Waals surface area contributed by atoms with Crippen LogP contribution in [0.5, 0.6) is 0 Å². The Morgan fingerprint density at radius 1 is 1.27 bits per heavy atom. The normalized spacial score (nSPS) is 21.0. The highest BCUT2D eigenvalue weighted by molar-refractivity contribution is 5.76. The van der Waals surface area contributed by atoms with Crippen LogP contribution in [-0.2, 0) is 24.1 Å². The summed E-state index contributed by atoms with van der Waals surface area (Å²) in [6, 6.07) is 3.91. The molecule has 26 heavy (non-hydrogen) atoms. The Kier molecular flexibility index (Phi) is 4.88. The van der Waals surface area contributed by atoms with Crippen molar-refractivity contribution in [2.24, 2.45) is 5.92 Å². The van der Waals surface area contributed by atoms with Crippen LogP contribution in [0.25, 0.3) is 0 Å². The van der Waals surface area contributed by atoms with Crippen LogP contribution in [0.3, 0.4) is 0 Å². The number of carbonyl (C=O) groups is 1. The molecule has 0 aromatic carbocycles. The Morgan fingerprint density at radius 3 is 2.81 bits per heavy atom. The highest BCUT2D eigenvalue weighted by Crippen LogP contribution is 2.36. The second-order valence-corrected chi connectivity index (χ2v) is 7.99. The van der Waals surface area contributed by atoms with Gasteiger partial charge in [0.05, 0.1) is 5.69 Å². The molecule has 0 radical (unpaired) electrons. The van der Waals surface area contributed by atoms with E-state index in [0.29, 0.717) is 24.7 Å². The van der Waals surface area contributed by atoms with Crippen LogP contribution in [0.1, 0.15) is 67.1 Å². The van der Waals surface area contributed by atoms with Crippen molar-refractivity contribution in [1.29, 1.82) is 0 Å². The summed E-state index contributed by atoms with van der Waals surface area (Å²) in [5.74, 6) is 4.25. The first-order valence-electron chi connectivity index (χ1n) is 9.90. The van der Waals surface area contributed by atoms with Crippen molar-refractivity contribution < 1.29 is 13.7 Å². The van der Waals surface area contributed by atoms with Gasteiger partial charge >= 0.3 is 0 Å². The molecule has 2 aromatic rings. The topological polar surface area (TPSA) is 59.5 Å². The van der Waals surface area contributed by atoms with E-state index in [1.807, 2.05) is 24.0 Å². The number of hydrogen-bond donors (Lipinski definition) is 0. The van der Waals surface area contributed by atoms with Gasteiger partial charge in [-0.15, -0.1) is 0 Å². The Bertz CT molecular complexity index is 768. The first-order valence-corrected chi connectivity index (χ1v) is 9.90. The molecule has 0 saturated carbocycles. The van der Waals surface area contributed by atoms with Gasteiger partial charge in [0, 0.05) is 37.4 Å². The lowest BCUT2D eigenvalue weighted by Gasteiger charge is -2.31. The number of carbonyl (C=O) groups excluding carboxylic acids is 1. The van der Waals surface area contributed by atoms with Gasteiger partial charge in [-0.05, 0) is 57.1 Å². The minimum absolute atomic E-state index is 0.228. The molecule has 5 heteroatoms. The van der Waals surface area contributed by atoms with E-state index in [-0.39, 0.29) is 5.91 Å². The predicted octanol–water partition coefficient (Wildman–Crippen LogP) is 4.04. The third kappa shape index (κ3) is 3.57. The largest absolute Gasteiger partial charge is 0.466 e. The maximum absolute atomic E-state index is 12.5. The second-order valence-electron chi connectivity index (χ2n) is 7.99. The van der Waals surface area contributed by atoms with Gasteiger partial charge in [-0.2, -0.15) is 0 Å². The van der Waals surface area contributed by atoms with E-state index in [0.717, 1.165) is 56.1 Å². The number of nitrogens with zero attached hydrogens (tertiary/aromatic N) is 2. The van der Waals surface area contributed by atoms with Crippen LogP contribution in [0.2, 0.25) is 0 Å². The molecule has 1 aliphatic heterocycles. The van der Waals surface area contributed by atoms with Gasteiger partial charge in [-0.3, -0.25) is 4.79 Å². The third-order valence-electron chi connectivity index (χ3n) is 5.93. The first kappa shape index (κ1) is 17.4. The molecular formula is C21H28N2O3. The van der Waals surface area contributed by atoms with Gasteiger partial charge in [0.2, 0.25) is 5.91 Å². The number of piperidine rings is 1. The molecule has 1 fully saturated rings. The summed E-state index contributed by atoms with van der Waals surface area (Å²) in [7, 11) is 0. The minimum Gasteiger partial charge on any atom is -0.466 e. The number of likely N-dealkylation sites (tertiary alicyclic amines) is 1. The summed E-state index contributed by atoms with van der Waals surface area (Å²) in [6.07, 6.45) is 6.50. The maximum Gasteiger partial charge on any atom is 0.223 e. The van der Waals surface area contributed by atoms with Gasteiger partial charge in [-0.25, -0.2) is 0 Å². The van der Waals surface area contributed by atoms with Crippen molar-refractivity contribution in [3.8, 4) is 0 Å². The Labute approximate surface area is 154 Å². The fraction of sp³-hybridized carbons (Fsp3) is 0.619. The maximum atomic E-state index is 12.5. The quantitative estimate of drug-likeness (QED) is 0.829. The predicted molar refractivity (Wildman–Crippen MR) is 98.0 cm³/mol. The summed E-state index contributed by atoms with van der Waals surface area (Å²) in [6.45, 7) is 5.86. The summed E-state index contributed by atoms with van der Waals surface area (Å²) in [4.78, 5) is 14.5. The number of aromatic nitrogens is 1. The van der Waals surface area contributed by atoms with Crippen molar-refractivity contribution in [2.45, 2.75) is 64.7 Å². The fourth-order valence-electron chi connectivity index (χ4n) is 4.33. The van der Waals surface area contributed by atoms with Gasteiger partial charge < -0.3 is 13.8 Å². The molecule has 0 unspecified atom stereocenters. The molecule has 3 heterocycles. The molecule has 0 N–H and O–H groups in total. The van der Waals surface area contributed by atoms with Crippen LogP contribution < -0.4 is 0 Å². The highest BCUT2D eigenvalue weighted by atomic mass is 16.5. The molecule has 140 valence electrons. The molecule has 2 aromatic heterocycles. The molecule has 1 atom stereocenters. The summed E-state index contributed by atoms with van der Waals surface area (Å²) < 4.78 is 11.3. The van der Waals surface area contributed by atoms with Crippen LogP contribution in [-0.4, -0.2) is 29.1 Å². The second kappa shape index (κ2) is 7.29. The molecule has 2 aliphatic rings. The number of aryl methyl sites for hydroxylation is 3. The number of amides is 1. The lowest BCUT2D eigenvalue weighted by Crippen LogP contribution is -2.38. The molecule has 0 spiro atoms. The van der Waals surface area contributed by atoms with Crippen LogP contribution >= 0.6 is 0 Å². The van der Waals surface area contributed by atoms with Crippen molar-refractivity contribution >= 4 is 5.91 Å². The molecule has 1 amide bonds.